The van der Waals surface area contributed by atoms with Gasteiger partial charge in [0.25, 0.3) is 5.91 Å². The second kappa shape index (κ2) is 10.5. The standard InChI is InChI=1S/C26H36N4O6/c1-35-15-14-28-10-12-29(13-11-28)19-6-4-18(5-7-19)24(33)27-26(8-2-3-9-26)25(34)30-16-20(31)23-22(30)21(32)17-36-23/h4-7,20,22-23,31H,2-3,8-17H2,1H3,(H,27,33)/t20-,22-,23-/m1/s1. The summed E-state index contributed by atoms with van der Waals surface area (Å²) in [7, 11) is 1.72. The molecule has 1 aliphatic carbocycles. The molecule has 0 radical (unpaired) electrons. The van der Waals surface area contributed by atoms with Crippen molar-refractivity contribution >= 4 is 23.3 Å². The summed E-state index contributed by atoms with van der Waals surface area (Å²) in [6.07, 6.45) is 1.09. The van der Waals surface area contributed by atoms with E-state index in [1.54, 1.807) is 19.2 Å². The van der Waals surface area contributed by atoms with Crippen molar-refractivity contribution < 1.29 is 29.0 Å². The first-order chi connectivity index (χ1) is 17.4. The molecule has 36 heavy (non-hydrogen) atoms. The molecule has 4 fully saturated rings. The normalized spacial score (nSPS) is 27.9. The van der Waals surface area contributed by atoms with Gasteiger partial charge in [0.05, 0.1) is 13.2 Å². The average Bonchev–Trinajstić information content (AvgIpc) is 3.61. The smallest absolute Gasteiger partial charge is 0.252 e. The number of amides is 2. The zero-order valence-electron chi connectivity index (χ0n) is 20.9. The van der Waals surface area contributed by atoms with Crippen LogP contribution in [0.4, 0.5) is 5.69 Å². The summed E-state index contributed by atoms with van der Waals surface area (Å²) in [4.78, 5) is 45.5. The molecule has 5 rings (SSSR count). The van der Waals surface area contributed by atoms with Crippen molar-refractivity contribution in [3.63, 3.8) is 0 Å². The molecule has 196 valence electrons. The maximum Gasteiger partial charge on any atom is 0.252 e. The number of ether oxygens (including phenoxy) is 2. The molecule has 3 saturated heterocycles. The fraction of sp³-hybridized carbons (Fsp3) is 0.654. The Labute approximate surface area is 211 Å². The molecule has 0 aromatic heterocycles. The molecule has 3 aliphatic heterocycles. The minimum absolute atomic E-state index is 0.0466. The van der Waals surface area contributed by atoms with Crippen LogP contribution in [0.15, 0.2) is 24.3 Å². The Bertz CT molecular complexity index is 971. The first-order valence-electron chi connectivity index (χ1n) is 12.9. The van der Waals surface area contributed by atoms with Gasteiger partial charge in [-0.1, -0.05) is 12.8 Å². The third kappa shape index (κ3) is 4.74. The quantitative estimate of drug-likeness (QED) is 0.540. The van der Waals surface area contributed by atoms with Gasteiger partial charge in [0, 0.05) is 51.1 Å². The van der Waals surface area contributed by atoms with E-state index in [2.05, 4.69) is 15.1 Å². The van der Waals surface area contributed by atoms with Gasteiger partial charge in [-0.3, -0.25) is 19.3 Å². The summed E-state index contributed by atoms with van der Waals surface area (Å²) in [5, 5.41) is 13.4. The number of methoxy groups -OCH3 is 1. The molecule has 0 spiro atoms. The molecule has 2 N–H and O–H groups in total. The molecule has 10 heteroatoms. The minimum Gasteiger partial charge on any atom is -0.388 e. The zero-order chi connectivity index (χ0) is 25.3. The van der Waals surface area contributed by atoms with E-state index in [0.717, 1.165) is 57.9 Å². The van der Waals surface area contributed by atoms with E-state index >= 15 is 0 Å². The summed E-state index contributed by atoms with van der Waals surface area (Å²) in [6.45, 7) is 5.39. The lowest BCUT2D eigenvalue weighted by Gasteiger charge is -2.36. The van der Waals surface area contributed by atoms with Crippen molar-refractivity contribution in [2.75, 3.05) is 64.5 Å². The van der Waals surface area contributed by atoms with E-state index in [1.807, 2.05) is 12.1 Å². The number of nitrogens with zero attached hydrogens (tertiary/aromatic N) is 3. The summed E-state index contributed by atoms with van der Waals surface area (Å²) >= 11 is 0. The second-order valence-electron chi connectivity index (χ2n) is 10.3. The lowest BCUT2D eigenvalue weighted by Crippen LogP contribution is -2.60. The Morgan fingerprint density at radius 1 is 1.14 bits per heavy atom. The number of hydrogen-bond donors (Lipinski definition) is 2. The maximum atomic E-state index is 13.7. The molecule has 0 unspecified atom stereocenters. The van der Waals surface area contributed by atoms with Crippen LogP contribution in [0.2, 0.25) is 0 Å². The van der Waals surface area contributed by atoms with Gasteiger partial charge in [0.1, 0.15) is 30.4 Å². The number of benzene rings is 1. The van der Waals surface area contributed by atoms with Crippen LogP contribution >= 0.6 is 0 Å². The van der Waals surface area contributed by atoms with Crippen molar-refractivity contribution in [2.45, 2.75) is 49.5 Å². The van der Waals surface area contributed by atoms with Gasteiger partial charge >= 0.3 is 0 Å². The molecule has 1 saturated carbocycles. The summed E-state index contributed by atoms with van der Waals surface area (Å²) in [5.74, 6) is -0.785. The van der Waals surface area contributed by atoms with Gasteiger partial charge in [-0.15, -0.1) is 0 Å². The predicted octanol–water partition coefficient (Wildman–Crippen LogP) is 0.0372. The van der Waals surface area contributed by atoms with Crippen LogP contribution in [0.5, 0.6) is 0 Å². The molecule has 3 heterocycles. The van der Waals surface area contributed by atoms with Crippen LogP contribution in [-0.4, -0.2) is 116 Å². The van der Waals surface area contributed by atoms with Crippen LogP contribution in [0, 0.1) is 0 Å². The van der Waals surface area contributed by atoms with E-state index in [9.17, 15) is 19.5 Å². The van der Waals surface area contributed by atoms with E-state index in [4.69, 9.17) is 9.47 Å². The molecule has 3 atom stereocenters. The second-order valence-corrected chi connectivity index (χ2v) is 10.3. The Morgan fingerprint density at radius 2 is 1.83 bits per heavy atom. The molecule has 1 aromatic rings. The summed E-state index contributed by atoms with van der Waals surface area (Å²) in [5.41, 5.74) is 0.504. The number of anilines is 1. The number of β-amino-alcohol motifs (C(OH)–C–C–N with tert-alkyl or cyclic N) is 1. The number of likely N-dealkylation sites (tertiary alicyclic amines) is 1. The maximum absolute atomic E-state index is 13.7. The number of carbonyl (C=O) groups excluding carboxylic acids is 3. The highest BCUT2D eigenvalue weighted by atomic mass is 16.5. The van der Waals surface area contributed by atoms with Crippen molar-refractivity contribution in [2.24, 2.45) is 0 Å². The van der Waals surface area contributed by atoms with Gasteiger partial charge in [0.2, 0.25) is 5.91 Å². The van der Waals surface area contributed by atoms with Crippen molar-refractivity contribution in [1.82, 2.24) is 15.1 Å². The molecule has 4 aliphatic rings. The van der Waals surface area contributed by atoms with Crippen LogP contribution in [0.25, 0.3) is 0 Å². The van der Waals surface area contributed by atoms with Crippen molar-refractivity contribution in [3.8, 4) is 0 Å². The van der Waals surface area contributed by atoms with Gasteiger partial charge < -0.3 is 29.7 Å². The van der Waals surface area contributed by atoms with Crippen LogP contribution < -0.4 is 10.2 Å². The number of fused-ring (bicyclic) bond motifs is 1. The van der Waals surface area contributed by atoms with Crippen LogP contribution in [-0.2, 0) is 19.1 Å². The molecule has 10 nitrogen and oxygen atoms in total. The lowest BCUT2D eigenvalue weighted by molar-refractivity contribution is -0.142. The first kappa shape index (κ1) is 25.1. The Kier molecular flexibility index (Phi) is 7.30. The summed E-state index contributed by atoms with van der Waals surface area (Å²) in [6, 6.07) is 6.76. The highest BCUT2D eigenvalue weighted by molar-refractivity contribution is 6.01. The van der Waals surface area contributed by atoms with E-state index in [0.29, 0.717) is 18.4 Å². The number of piperazine rings is 1. The van der Waals surface area contributed by atoms with E-state index in [1.165, 1.54) is 4.90 Å². The highest BCUT2D eigenvalue weighted by Crippen LogP contribution is 2.36. The number of rotatable bonds is 7. The number of nitrogens with one attached hydrogen (secondary N) is 1. The topological polar surface area (TPSA) is 112 Å². The lowest BCUT2D eigenvalue weighted by atomic mass is 9.93. The number of aliphatic hydroxyl groups is 1. The Hall–Kier alpha value is -2.53. The van der Waals surface area contributed by atoms with Gasteiger partial charge in [0.15, 0.2) is 5.78 Å². The number of ketones is 1. The molecule has 1 aromatic carbocycles. The molecular formula is C26H36N4O6. The Balaban J connectivity index is 1.24. The monoisotopic (exact) mass is 500 g/mol. The summed E-state index contributed by atoms with van der Waals surface area (Å²) < 4.78 is 10.6. The van der Waals surface area contributed by atoms with Gasteiger partial charge in [-0.2, -0.15) is 0 Å². The fourth-order valence-electron chi connectivity index (χ4n) is 6.05. The van der Waals surface area contributed by atoms with Crippen molar-refractivity contribution in [3.05, 3.63) is 29.8 Å². The largest absolute Gasteiger partial charge is 0.388 e. The highest BCUT2D eigenvalue weighted by Gasteiger charge is 2.56. The number of hydrogen-bond acceptors (Lipinski definition) is 8. The van der Waals surface area contributed by atoms with Crippen molar-refractivity contribution in [1.29, 1.82) is 0 Å². The predicted molar refractivity (Wildman–Crippen MR) is 132 cm³/mol. The minimum atomic E-state index is -1.06. The van der Waals surface area contributed by atoms with Gasteiger partial charge in [-0.25, -0.2) is 0 Å². The number of carbonyl (C=O) groups is 3. The van der Waals surface area contributed by atoms with E-state index in [-0.39, 0.29) is 30.7 Å². The average molecular weight is 501 g/mol. The SMILES string of the molecule is COCCN1CCN(c2ccc(C(=O)NC3(C(=O)N4C[C@@H](O)[C@H]5OCC(=O)[C@H]54)CCCC3)cc2)CC1. The van der Waals surface area contributed by atoms with E-state index < -0.39 is 23.8 Å². The first-order valence-corrected chi connectivity index (χ1v) is 12.9. The zero-order valence-corrected chi connectivity index (χ0v) is 20.9. The Morgan fingerprint density at radius 3 is 2.50 bits per heavy atom. The van der Waals surface area contributed by atoms with Crippen LogP contribution in [0.3, 0.4) is 0 Å². The molecule has 2 amide bonds. The van der Waals surface area contributed by atoms with Gasteiger partial charge in [-0.05, 0) is 37.1 Å². The van der Waals surface area contributed by atoms with Crippen LogP contribution in [0.1, 0.15) is 36.0 Å². The number of Topliss-reactive ketones (excluding diaryl/α,β-unsaturated/α-hetero) is 1. The third-order valence-corrected chi connectivity index (χ3v) is 8.12. The number of aliphatic hydroxyl groups excluding tert-OH is 1. The third-order valence-electron chi connectivity index (χ3n) is 8.12. The molecular weight excluding hydrogens is 464 g/mol. The molecule has 0 bridgehead atoms. The fourth-order valence-corrected chi connectivity index (χ4v) is 6.05.